The smallest absolute Gasteiger partial charge is 0.419 e. The summed E-state index contributed by atoms with van der Waals surface area (Å²) in [4.78, 5) is 12.0. The minimum atomic E-state index is -4.66. The zero-order chi connectivity index (χ0) is 26.1. The molecule has 1 saturated heterocycles. The van der Waals surface area contributed by atoms with E-state index in [2.05, 4.69) is 15.4 Å². The number of rotatable bonds is 7. The number of sulfonamides is 1. The van der Waals surface area contributed by atoms with E-state index < -0.39 is 33.1 Å². The first-order valence-electron chi connectivity index (χ1n) is 11.0. The molecule has 1 fully saturated rings. The number of carbonyl (C=O) groups excluding carboxylic acids is 1. The van der Waals surface area contributed by atoms with Crippen molar-refractivity contribution in [2.75, 3.05) is 23.1 Å². The van der Waals surface area contributed by atoms with E-state index in [1.54, 1.807) is 37.3 Å². The van der Waals surface area contributed by atoms with Crippen LogP contribution in [0.15, 0.2) is 58.8 Å². The lowest BCUT2D eigenvalue weighted by atomic mass is 10.1. The van der Waals surface area contributed by atoms with Gasteiger partial charge in [-0.3, -0.25) is 9.52 Å². The first-order chi connectivity index (χ1) is 16.8. The van der Waals surface area contributed by atoms with Gasteiger partial charge in [-0.15, -0.1) is 11.3 Å². The number of thiophene rings is 1. The Morgan fingerprint density at radius 3 is 2.56 bits per heavy atom. The van der Waals surface area contributed by atoms with Gasteiger partial charge in [-0.25, -0.2) is 8.42 Å². The lowest BCUT2D eigenvalue weighted by molar-refractivity contribution is -0.139. The highest BCUT2D eigenvalue weighted by Gasteiger charge is 2.38. The maximum Gasteiger partial charge on any atom is 0.419 e. The van der Waals surface area contributed by atoms with Gasteiger partial charge in [0.1, 0.15) is 15.6 Å². The van der Waals surface area contributed by atoms with E-state index in [1.165, 1.54) is 13.0 Å². The van der Waals surface area contributed by atoms with Crippen LogP contribution >= 0.6 is 11.3 Å². The molecule has 0 bridgehead atoms. The Balaban J connectivity index is 1.59. The van der Waals surface area contributed by atoms with Gasteiger partial charge in [-0.2, -0.15) is 13.2 Å². The number of alkyl halides is 3. The van der Waals surface area contributed by atoms with Crippen LogP contribution in [0.2, 0.25) is 0 Å². The van der Waals surface area contributed by atoms with Crippen molar-refractivity contribution in [3.63, 3.8) is 0 Å². The SMILES string of the molecule is CC(=O)Nc1cccc(-c2ccc(S(=O)(=O)Nc3ccc(C(F)(F)F)c(O[C@]4(C)CCNC4)c3)s2)c1. The lowest BCUT2D eigenvalue weighted by Gasteiger charge is -2.27. The first-order valence-corrected chi connectivity index (χ1v) is 13.3. The van der Waals surface area contributed by atoms with Gasteiger partial charge in [0.25, 0.3) is 10.0 Å². The number of hydrogen-bond donors (Lipinski definition) is 3. The van der Waals surface area contributed by atoms with Crippen molar-refractivity contribution in [3.8, 4) is 16.2 Å². The lowest BCUT2D eigenvalue weighted by Crippen LogP contribution is -2.35. The van der Waals surface area contributed by atoms with Crippen LogP contribution in [-0.2, 0) is 21.0 Å². The second-order valence-corrected chi connectivity index (χ2v) is 11.7. The zero-order valence-electron chi connectivity index (χ0n) is 19.4. The van der Waals surface area contributed by atoms with Crippen LogP contribution < -0.4 is 20.1 Å². The number of halogens is 3. The summed E-state index contributed by atoms with van der Waals surface area (Å²) in [6.45, 7) is 4.08. The molecular formula is C24H24F3N3O4S2. The van der Waals surface area contributed by atoms with Gasteiger partial charge in [0.2, 0.25) is 5.91 Å². The fraction of sp³-hybridized carbons (Fsp3) is 0.292. The number of carbonyl (C=O) groups is 1. The molecule has 192 valence electrons. The van der Waals surface area contributed by atoms with Crippen LogP contribution in [0, 0.1) is 0 Å². The topological polar surface area (TPSA) is 96.5 Å². The molecule has 0 saturated carbocycles. The molecule has 12 heteroatoms. The van der Waals surface area contributed by atoms with Crippen molar-refractivity contribution >= 4 is 38.6 Å². The predicted octanol–water partition coefficient (Wildman–Crippen LogP) is 5.32. The Labute approximate surface area is 210 Å². The van der Waals surface area contributed by atoms with Crippen LogP contribution in [0.3, 0.4) is 0 Å². The standard InChI is InChI=1S/C24H24F3N3O4S2/c1-15(31)29-17-5-3-4-16(12-17)21-8-9-22(35-21)36(32,33)30-18-6-7-19(24(25,26)27)20(13-18)34-23(2)10-11-28-14-23/h3-9,12-13,28,30H,10-11,14H2,1-2H3,(H,29,31)/t23-/m1/s1. The minimum Gasteiger partial charge on any atom is -0.485 e. The summed E-state index contributed by atoms with van der Waals surface area (Å²) >= 11 is 0.994. The summed E-state index contributed by atoms with van der Waals surface area (Å²) in [5.41, 5.74) is -0.590. The highest BCUT2D eigenvalue weighted by Crippen LogP contribution is 2.40. The molecule has 0 radical (unpaired) electrons. The normalized spacial score (nSPS) is 18.1. The van der Waals surface area contributed by atoms with E-state index in [-0.39, 0.29) is 15.8 Å². The summed E-state index contributed by atoms with van der Waals surface area (Å²) in [7, 11) is -4.09. The second-order valence-electron chi connectivity index (χ2n) is 8.67. The van der Waals surface area contributed by atoms with Gasteiger partial charge in [-0.05, 0) is 55.4 Å². The van der Waals surface area contributed by atoms with Crippen molar-refractivity contribution in [2.24, 2.45) is 0 Å². The highest BCUT2D eigenvalue weighted by molar-refractivity contribution is 7.94. The molecule has 2 aromatic carbocycles. The van der Waals surface area contributed by atoms with Crippen LogP contribution in [0.1, 0.15) is 25.8 Å². The molecule has 2 heterocycles. The van der Waals surface area contributed by atoms with Crippen LogP contribution in [-0.4, -0.2) is 33.0 Å². The molecule has 3 aromatic rings. The number of benzene rings is 2. The van der Waals surface area contributed by atoms with E-state index in [9.17, 15) is 26.4 Å². The van der Waals surface area contributed by atoms with Gasteiger partial charge < -0.3 is 15.4 Å². The third-order valence-corrected chi connectivity index (χ3v) is 8.55. The van der Waals surface area contributed by atoms with Gasteiger partial charge in [0.15, 0.2) is 0 Å². The van der Waals surface area contributed by atoms with Gasteiger partial charge >= 0.3 is 6.18 Å². The number of anilines is 2. The van der Waals surface area contributed by atoms with Crippen molar-refractivity contribution in [1.82, 2.24) is 5.32 Å². The molecule has 1 aromatic heterocycles. The Kier molecular flexibility index (Phi) is 7.04. The molecule has 0 aliphatic carbocycles. The maximum absolute atomic E-state index is 13.6. The van der Waals surface area contributed by atoms with E-state index in [0.29, 0.717) is 35.6 Å². The maximum atomic E-state index is 13.6. The molecule has 1 aliphatic rings. The fourth-order valence-electron chi connectivity index (χ4n) is 3.83. The van der Waals surface area contributed by atoms with Crippen molar-refractivity contribution in [2.45, 2.75) is 36.3 Å². The summed E-state index contributed by atoms with van der Waals surface area (Å²) in [6.07, 6.45) is -4.15. The van der Waals surface area contributed by atoms with Crippen LogP contribution in [0.25, 0.3) is 10.4 Å². The van der Waals surface area contributed by atoms with Crippen LogP contribution in [0.5, 0.6) is 5.75 Å². The average molecular weight is 540 g/mol. The van der Waals surface area contributed by atoms with Crippen LogP contribution in [0.4, 0.5) is 24.5 Å². The van der Waals surface area contributed by atoms with Gasteiger partial charge in [0, 0.05) is 36.5 Å². The number of hydrogen-bond acceptors (Lipinski definition) is 6. The van der Waals surface area contributed by atoms with Gasteiger partial charge in [-0.1, -0.05) is 12.1 Å². The average Bonchev–Trinajstić information content (AvgIpc) is 3.42. The van der Waals surface area contributed by atoms with E-state index in [4.69, 9.17) is 4.74 Å². The summed E-state index contributed by atoms with van der Waals surface area (Å²) < 4.78 is 74.9. The Bertz CT molecular complexity index is 1380. The van der Waals surface area contributed by atoms with Crippen molar-refractivity contribution in [1.29, 1.82) is 0 Å². The molecule has 7 nitrogen and oxygen atoms in total. The molecular weight excluding hydrogens is 515 g/mol. The molecule has 3 N–H and O–H groups in total. The minimum absolute atomic E-state index is 0.0169. The molecule has 1 amide bonds. The monoisotopic (exact) mass is 539 g/mol. The van der Waals surface area contributed by atoms with E-state index >= 15 is 0 Å². The number of nitrogens with one attached hydrogen (secondary N) is 3. The largest absolute Gasteiger partial charge is 0.485 e. The second kappa shape index (κ2) is 9.75. The first kappa shape index (κ1) is 26.0. The molecule has 1 atom stereocenters. The highest BCUT2D eigenvalue weighted by atomic mass is 32.2. The summed E-state index contributed by atoms with van der Waals surface area (Å²) in [5, 5.41) is 5.73. The predicted molar refractivity (Wildman–Crippen MR) is 133 cm³/mol. The third kappa shape index (κ3) is 6.00. The summed E-state index contributed by atoms with van der Waals surface area (Å²) in [5.74, 6) is -0.667. The van der Waals surface area contributed by atoms with E-state index in [1.807, 2.05) is 0 Å². The molecule has 1 aliphatic heterocycles. The van der Waals surface area contributed by atoms with Crippen molar-refractivity contribution < 1.29 is 31.1 Å². The molecule has 0 unspecified atom stereocenters. The fourth-order valence-corrected chi connectivity index (χ4v) is 6.18. The Morgan fingerprint density at radius 2 is 1.89 bits per heavy atom. The van der Waals surface area contributed by atoms with Gasteiger partial charge in [0.05, 0.1) is 11.3 Å². The molecule has 36 heavy (non-hydrogen) atoms. The quantitative estimate of drug-likeness (QED) is 0.378. The zero-order valence-corrected chi connectivity index (χ0v) is 21.0. The third-order valence-electron chi connectivity index (χ3n) is 5.54. The Morgan fingerprint density at radius 1 is 1.11 bits per heavy atom. The summed E-state index contributed by atoms with van der Waals surface area (Å²) in [6, 6.07) is 12.9. The number of ether oxygens (including phenoxy) is 1. The van der Waals surface area contributed by atoms with Crippen molar-refractivity contribution in [3.05, 3.63) is 60.2 Å². The van der Waals surface area contributed by atoms with E-state index in [0.717, 1.165) is 29.5 Å². The number of amides is 1. The Hall–Kier alpha value is -3.09. The molecule has 4 rings (SSSR count). The molecule has 0 spiro atoms.